The average Bonchev–Trinajstić information content (AvgIpc) is 2.41. The molecule has 0 saturated carbocycles. The Labute approximate surface area is 112 Å². The van der Waals surface area contributed by atoms with Gasteiger partial charge in [0.25, 0.3) is 0 Å². The molecule has 0 aliphatic rings. The van der Waals surface area contributed by atoms with Crippen LogP contribution in [0, 0.1) is 5.82 Å². The Morgan fingerprint density at radius 3 is 2.79 bits per heavy atom. The van der Waals surface area contributed by atoms with E-state index in [9.17, 15) is 9.18 Å². The van der Waals surface area contributed by atoms with Crippen LogP contribution in [0.4, 0.5) is 4.39 Å². The SMILES string of the molecule is COCCN(CCC(=O)OC)Cc1cncc(F)c1. The summed E-state index contributed by atoms with van der Waals surface area (Å²) in [5.74, 6) is -0.628. The number of carbonyl (C=O) groups is 1. The number of hydrogen-bond acceptors (Lipinski definition) is 5. The van der Waals surface area contributed by atoms with Crippen molar-refractivity contribution >= 4 is 5.97 Å². The summed E-state index contributed by atoms with van der Waals surface area (Å²) in [4.78, 5) is 16.9. The number of ether oxygens (including phenoxy) is 2. The van der Waals surface area contributed by atoms with E-state index < -0.39 is 0 Å². The van der Waals surface area contributed by atoms with Gasteiger partial charge in [0.1, 0.15) is 5.82 Å². The number of esters is 1. The Morgan fingerprint density at radius 1 is 1.37 bits per heavy atom. The molecular weight excluding hydrogens is 251 g/mol. The van der Waals surface area contributed by atoms with Crippen LogP contribution in [0.15, 0.2) is 18.5 Å². The lowest BCUT2D eigenvalue weighted by molar-refractivity contribution is -0.141. The number of hydrogen-bond donors (Lipinski definition) is 0. The molecule has 0 fully saturated rings. The molecule has 0 atom stereocenters. The normalized spacial score (nSPS) is 10.7. The fourth-order valence-corrected chi connectivity index (χ4v) is 1.64. The Morgan fingerprint density at radius 2 is 2.16 bits per heavy atom. The van der Waals surface area contributed by atoms with E-state index in [1.54, 1.807) is 13.3 Å². The molecule has 6 heteroatoms. The van der Waals surface area contributed by atoms with Crippen LogP contribution in [0.1, 0.15) is 12.0 Å². The third-order valence-electron chi connectivity index (χ3n) is 2.64. The Bertz CT molecular complexity index is 401. The Balaban J connectivity index is 2.55. The van der Waals surface area contributed by atoms with Crippen LogP contribution >= 0.6 is 0 Å². The fraction of sp³-hybridized carbons (Fsp3) is 0.538. The summed E-state index contributed by atoms with van der Waals surface area (Å²) in [5, 5.41) is 0. The van der Waals surface area contributed by atoms with Crippen molar-refractivity contribution in [3.05, 3.63) is 29.8 Å². The van der Waals surface area contributed by atoms with Crippen LogP contribution < -0.4 is 0 Å². The highest BCUT2D eigenvalue weighted by molar-refractivity contribution is 5.69. The molecule has 1 aromatic heterocycles. The van der Waals surface area contributed by atoms with Gasteiger partial charge in [-0.3, -0.25) is 14.7 Å². The molecule has 0 spiro atoms. The molecule has 0 saturated heterocycles. The third-order valence-corrected chi connectivity index (χ3v) is 2.64. The summed E-state index contributed by atoms with van der Waals surface area (Å²) in [6.45, 7) is 2.26. The van der Waals surface area contributed by atoms with Gasteiger partial charge in [0.2, 0.25) is 0 Å². The molecule has 106 valence electrons. The molecule has 1 aromatic rings. The molecule has 1 rings (SSSR count). The molecule has 0 aliphatic heterocycles. The van der Waals surface area contributed by atoms with Gasteiger partial charge in [0.05, 0.1) is 26.3 Å². The Kier molecular flexibility index (Phi) is 6.99. The maximum atomic E-state index is 13.1. The van der Waals surface area contributed by atoms with Gasteiger partial charge in [-0.2, -0.15) is 0 Å². The standard InChI is InChI=1S/C13H19FN2O3/c1-18-6-5-16(4-3-13(17)19-2)10-11-7-12(14)9-15-8-11/h7-9H,3-6,10H2,1-2H3. The van der Waals surface area contributed by atoms with Gasteiger partial charge in [0, 0.05) is 32.9 Å². The minimum Gasteiger partial charge on any atom is -0.469 e. The predicted octanol–water partition coefficient (Wildman–Crippen LogP) is 1.23. The first kappa shape index (κ1) is 15.5. The Hall–Kier alpha value is -1.53. The van der Waals surface area contributed by atoms with Gasteiger partial charge in [-0.25, -0.2) is 4.39 Å². The lowest BCUT2D eigenvalue weighted by Gasteiger charge is -2.21. The highest BCUT2D eigenvalue weighted by atomic mass is 19.1. The number of halogens is 1. The second kappa shape index (κ2) is 8.55. The largest absolute Gasteiger partial charge is 0.469 e. The second-order valence-electron chi connectivity index (χ2n) is 4.11. The van der Waals surface area contributed by atoms with Crippen molar-refractivity contribution in [1.29, 1.82) is 0 Å². The van der Waals surface area contributed by atoms with Crippen molar-refractivity contribution < 1.29 is 18.7 Å². The van der Waals surface area contributed by atoms with Crippen molar-refractivity contribution in [2.75, 3.05) is 33.9 Å². The van der Waals surface area contributed by atoms with Gasteiger partial charge in [-0.05, 0) is 11.6 Å². The van der Waals surface area contributed by atoms with Crippen LogP contribution in [-0.4, -0.2) is 49.8 Å². The van der Waals surface area contributed by atoms with E-state index >= 15 is 0 Å². The number of pyridine rings is 1. The van der Waals surface area contributed by atoms with Gasteiger partial charge in [-0.1, -0.05) is 0 Å². The summed E-state index contributed by atoms with van der Waals surface area (Å²) in [6, 6.07) is 1.44. The van der Waals surface area contributed by atoms with Crippen LogP contribution in [0.5, 0.6) is 0 Å². The van der Waals surface area contributed by atoms with Crippen molar-refractivity contribution in [3.63, 3.8) is 0 Å². The summed E-state index contributed by atoms with van der Waals surface area (Å²) in [7, 11) is 2.97. The first-order chi connectivity index (χ1) is 9.15. The van der Waals surface area contributed by atoms with E-state index in [2.05, 4.69) is 9.72 Å². The predicted molar refractivity (Wildman–Crippen MR) is 68.0 cm³/mol. The van der Waals surface area contributed by atoms with Crippen LogP contribution in [-0.2, 0) is 20.8 Å². The minimum atomic E-state index is -0.364. The molecule has 0 bridgehead atoms. The molecule has 0 aliphatic carbocycles. The van der Waals surface area contributed by atoms with Gasteiger partial charge < -0.3 is 9.47 Å². The zero-order valence-electron chi connectivity index (χ0n) is 11.3. The molecule has 5 nitrogen and oxygen atoms in total. The number of nitrogens with zero attached hydrogens (tertiary/aromatic N) is 2. The van der Waals surface area contributed by atoms with E-state index in [-0.39, 0.29) is 11.8 Å². The van der Waals surface area contributed by atoms with Crippen molar-refractivity contribution in [2.45, 2.75) is 13.0 Å². The number of methoxy groups -OCH3 is 2. The summed E-state index contributed by atoms with van der Waals surface area (Å²) in [6.07, 6.45) is 3.07. The first-order valence-electron chi connectivity index (χ1n) is 6.03. The molecule has 19 heavy (non-hydrogen) atoms. The molecule has 0 aromatic carbocycles. The maximum Gasteiger partial charge on any atom is 0.306 e. The fourth-order valence-electron chi connectivity index (χ4n) is 1.64. The van der Waals surface area contributed by atoms with E-state index in [1.165, 1.54) is 13.2 Å². The monoisotopic (exact) mass is 270 g/mol. The van der Waals surface area contributed by atoms with E-state index in [4.69, 9.17) is 4.74 Å². The molecule has 0 N–H and O–H groups in total. The van der Waals surface area contributed by atoms with Gasteiger partial charge >= 0.3 is 5.97 Å². The maximum absolute atomic E-state index is 13.1. The second-order valence-corrected chi connectivity index (χ2v) is 4.11. The van der Waals surface area contributed by atoms with Crippen molar-refractivity contribution in [2.24, 2.45) is 0 Å². The smallest absolute Gasteiger partial charge is 0.306 e. The third kappa shape index (κ3) is 6.26. The number of aromatic nitrogens is 1. The average molecular weight is 270 g/mol. The molecule has 0 radical (unpaired) electrons. The summed E-state index contributed by atoms with van der Waals surface area (Å²) >= 11 is 0. The molecule has 0 unspecified atom stereocenters. The van der Waals surface area contributed by atoms with Crippen LogP contribution in [0.2, 0.25) is 0 Å². The zero-order valence-corrected chi connectivity index (χ0v) is 11.3. The van der Waals surface area contributed by atoms with Gasteiger partial charge in [-0.15, -0.1) is 0 Å². The molecular formula is C13H19FN2O3. The minimum absolute atomic E-state index is 0.264. The zero-order chi connectivity index (χ0) is 14.1. The quantitative estimate of drug-likeness (QED) is 0.665. The molecule has 1 heterocycles. The highest BCUT2D eigenvalue weighted by Crippen LogP contribution is 2.06. The summed E-state index contributed by atoms with van der Waals surface area (Å²) < 4.78 is 22.7. The van der Waals surface area contributed by atoms with Gasteiger partial charge in [0.15, 0.2) is 0 Å². The molecule has 0 amide bonds. The lowest BCUT2D eigenvalue weighted by atomic mass is 10.2. The lowest BCUT2D eigenvalue weighted by Crippen LogP contribution is -2.29. The van der Waals surface area contributed by atoms with Crippen molar-refractivity contribution in [3.8, 4) is 0 Å². The number of rotatable bonds is 8. The van der Waals surface area contributed by atoms with Crippen LogP contribution in [0.25, 0.3) is 0 Å². The van der Waals surface area contributed by atoms with E-state index in [0.29, 0.717) is 32.7 Å². The highest BCUT2D eigenvalue weighted by Gasteiger charge is 2.10. The van der Waals surface area contributed by atoms with Crippen LogP contribution in [0.3, 0.4) is 0 Å². The van der Waals surface area contributed by atoms with E-state index in [0.717, 1.165) is 11.8 Å². The first-order valence-corrected chi connectivity index (χ1v) is 6.03. The number of carbonyl (C=O) groups excluding carboxylic acids is 1. The van der Waals surface area contributed by atoms with Crippen molar-refractivity contribution in [1.82, 2.24) is 9.88 Å². The topological polar surface area (TPSA) is 51.7 Å². The van der Waals surface area contributed by atoms with E-state index in [1.807, 2.05) is 4.90 Å². The summed E-state index contributed by atoms with van der Waals surface area (Å²) in [5.41, 5.74) is 0.765.